The Balaban J connectivity index is 0.00000210. The third-order valence-corrected chi connectivity index (χ3v) is 5.17. The van der Waals surface area contributed by atoms with E-state index in [0.717, 1.165) is 41.6 Å². The fourth-order valence-electron chi connectivity index (χ4n) is 3.63. The number of aromatic nitrogens is 2. The predicted molar refractivity (Wildman–Crippen MR) is 106 cm³/mol. The molecule has 0 saturated carbocycles. The highest BCUT2D eigenvalue weighted by Gasteiger charge is 2.20. The van der Waals surface area contributed by atoms with E-state index >= 15 is 0 Å². The Bertz CT molecular complexity index is 935. The van der Waals surface area contributed by atoms with E-state index < -0.39 is 0 Å². The summed E-state index contributed by atoms with van der Waals surface area (Å²) in [7, 11) is 0. The van der Waals surface area contributed by atoms with Gasteiger partial charge in [0.15, 0.2) is 0 Å². The number of nitrogens with zero attached hydrogens (tertiary/aromatic N) is 2. The zero-order valence-electron chi connectivity index (χ0n) is 15.6. The first-order chi connectivity index (χ1) is 12.6. The van der Waals surface area contributed by atoms with Crippen molar-refractivity contribution in [3.63, 3.8) is 0 Å². The van der Waals surface area contributed by atoms with Crippen LogP contribution in [0.2, 0.25) is 0 Å². The molecule has 4 rings (SSSR count). The van der Waals surface area contributed by atoms with E-state index in [-0.39, 0.29) is 24.3 Å². The minimum Gasteiger partial charge on any atom is -0.473 e. The van der Waals surface area contributed by atoms with Crippen LogP contribution in [0.5, 0.6) is 5.88 Å². The minimum absolute atomic E-state index is 0. The summed E-state index contributed by atoms with van der Waals surface area (Å²) in [4.78, 5) is 4.47. The third-order valence-electron chi connectivity index (χ3n) is 5.17. The molecule has 0 radical (unpaired) electrons. The maximum Gasteiger partial charge on any atom is 0.238 e. The van der Waals surface area contributed by atoms with Gasteiger partial charge in [0.05, 0.1) is 6.10 Å². The van der Waals surface area contributed by atoms with Gasteiger partial charge in [-0.25, -0.2) is 9.37 Å². The monoisotopic (exact) mass is 390 g/mol. The quantitative estimate of drug-likeness (QED) is 0.626. The van der Waals surface area contributed by atoms with E-state index in [2.05, 4.69) is 23.4 Å². The molecule has 27 heavy (non-hydrogen) atoms. The van der Waals surface area contributed by atoms with Crippen molar-refractivity contribution < 1.29 is 13.9 Å². The number of hydrogen-bond donors (Lipinski definition) is 0. The highest BCUT2D eigenvalue weighted by Crippen LogP contribution is 2.32. The smallest absolute Gasteiger partial charge is 0.238 e. The summed E-state index contributed by atoms with van der Waals surface area (Å²) in [6.07, 6.45) is 4.03. The van der Waals surface area contributed by atoms with Gasteiger partial charge in [-0.15, -0.1) is 12.4 Å². The lowest BCUT2D eigenvalue weighted by Crippen LogP contribution is -2.17. The molecule has 1 aromatic carbocycles. The molecule has 1 fully saturated rings. The molecular weight excluding hydrogens is 367 g/mol. The molecule has 1 aliphatic rings. The zero-order chi connectivity index (χ0) is 18.1. The molecule has 6 heteroatoms. The molecule has 0 bridgehead atoms. The van der Waals surface area contributed by atoms with Gasteiger partial charge in [-0.2, -0.15) is 0 Å². The normalized spacial score (nSPS) is 16.5. The SMILES string of the molecule is Cc1c(C)n(Cc2cccc(F)c2)c2c(OCC3CCCO3)nccc12.Cl. The van der Waals surface area contributed by atoms with Gasteiger partial charge in [0.25, 0.3) is 0 Å². The Morgan fingerprint density at radius 3 is 2.89 bits per heavy atom. The van der Waals surface area contributed by atoms with Crippen LogP contribution in [0.15, 0.2) is 36.5 Å². The Kier molecular flexibility index (Phi) is 6.02. The number of pyridine rings is 1. The lowest BCUT2D eigenvalue weighted by Gasteiger charge is -2.14. The molecule has 144 valence electrons. The van der Waals surface area contributed by atoms with Crippen molar-refractivity contribution in [1.29, 1.82) is 0 Å². The fourth-order valence-corrected chi connectivity index (χ4v) is 3.63. The first-order valence-electron chi connectivity index (χ1n) is 9.06. The molecule has 4 nitrogen and oxygen atoms in total. The second-order valence-electron chi connectivity index (χ2n) is 6.88. The molecule has 0 amide bonds. The summed E-state index contributed by atoms with van der Waals surface area (Å²) >= 11 is 0. The second kappa shape index (κ2) is 8.28. The van der Waals surface area contributed by atoms with Gasteiger partial charge < -0.3 is 14.0 Å². The summed E-state index contributed by atoms with van der Waals surface area (Å²) in [5.74, 6) is 0.395. The van der Waals surface area contributed by atoms with Gasteiger partial charge in [0, 0.05) is 30.4 Å². The van der Waals surface area contributed by atoms with Crippen molar-refractivity contribution >= 4 is 23.3 Å². The van der Waals surface area contributed by atoms with Crippen LogP contribution in [-0.4, -0.2) is 28.9 Å². The Labute approximate surface area is 164 Å². The molecule has 1 unspecified atom stereocenters. The van der Waals surface area contributed by atoms with Crippen molar-refractivity contribution in [3.05, 3.63) is 59.2 Å². The molecule has 1 saturated heterocycles. The number of ether oxygens (including phenoxy) is 2. The zero-order valence-corrected chi connectivity index (χ0v) is 16.4. The van der Waals surface area contributed by atoms with Gasteiger partial charge in [-0.3, -0.25) is 0 Å². The van der Waals surface area contributed by atoms with E-state index in [1.165, 1.54) is 11.6 Å². The Morgan fingerprint density at radius 1 is 1.30 bits per heavy atom. The highest BCUT2D eigenvalue weighted by atomic mass is 35.5. The van der Waals surface area contributed by atoms with Crippen LogP contribution in [0.25, 0.3) is 10.9 Å². The van der Waals surface area contributed by atoms with Crippen molar-refractivity contribution in [3.8, 4) is 5.88 Å². The van der Waals surface area contributed by atoms with Crippen LogP contribution < -0.4 is 4.74 Å². The minimum atomic E-state index is -0.221. The average Bonchev–Trinajstić information content (AvgIpc) is 3.24. The Hall–Kier alpha value is -2.11. The molecule has 1 aliphatic heterocycles. The van der Waals surface area contributed by atoms with Crippen LogP contribution in [0.4, 0.5) is 4.39 Å². The standard InChI is InChI=1S/C21H23FN2O2.ClH/c1-14-15(2)24(12-16-5-3-6-17(22)11-16)20-19(14)8-9-23-21(20)26-13-18-7-4-10-25-18;/h3,5-6,8-9,11,18H,4,7,10,12-13H2,1-2H3;1H. The van der Waals surface area contributed by atoms with Gasteiger partial charge in [-0.05, 0) is 56.0 Å². The van der Waals surface area contributed by atoms with E-state index in [9.17, 15) is 4.39 Å². The summed E-state index contributed by atoms with van der Waals surface area (Å²) in [6.45, 7) is 6.08. The first kappa shape index (κ1) is 19.6. The number of halogens is 2. The van der Waals surface area contributed by atoms with Crippen LogP contribution in [-0.2, 0) is 11.3 Å². The summed E-state index contributed by atoms with van der Waals surface area (Å²) < 4.78 is 27.5. The molecule has 3 heterocycles. The molecule has 2 aromatic heterocycles. The first-order valence-corrected chi connectivity index (χ1v) is 9.06. The van der Waals surface area contributed by atoms with E-state index in [1.54, 1.807) is 18.3 Å². The Morgan fingerprint density at radius 2 is 2.15 bits per heavy atom. The lowest BCUT2D eigenvalue weighted by molar-refractivity contribution is 0.0668. The van der Waals surface area contributed by atoms with Crippen molar-refractivity contribution in [2.24, 2.45) is 0 Å². The summed E-state index contributed by atoms with van der Waals surface area (Å²) in [5.41, 5.74) is 4.21. The average molecular weight is 391 g/mol. The van der Waals surface area contributed by atoms with Crippen molar-refractivity contribution in [2.75, 3.05) is 13.2 Å². The molecule has 0 N–H and O–H groups in total. The van der Waals surface area contributed by atoms with Crippen molar-refractivity contribution in [1.82, 2.24) is 9.55 Å². The van der Waals surface area contributed by atoms with Gasteiger partial charge in [0.1, 0.15) is 17.9 Å². The molecule has 3 aromatic rings. The topological polar surface area (TPSA) is 36.3 Å². The van der Waals surface area contributed by atoms with E-state index in [0.29, 0.717) is 19.0 Å². The number of rotatable bonds is 5. The highest BCUT2D eigenvalue weighted by molar-refractivity contribution is 5.89. The largest absolute Gasteiger partial charge is 0.473 e. The number of fused-ring (bicyclic) bond motifs is 1. The second-order valence-corrected chi connectivity index (χ2v) is 6.88. The van der Waals surface area contributed by atoms with Gasteiger partial charge in [0.2, 0.25) is 5.88 Å². The van der Waals surface area contributed by atoms with Gasteiger partial charge >= 0.3 is 0 Å². The molecular formula is C21H24ClFN2O2. The van der Waals surface area contributed by atoms with Gasteiger partial charge in [-0.1, -0.05) is 12.1 Å². The van der Waals surface area contributed by atoms with Crippen LogP contribution >= 0.6 is 12.4 Å². The van der Waals surface area contributed by atoms with Crippen LogP contribution in [0.3, 0.4) is 0 Å². The van der Waals surface area contributed by atoms with Crippen LogP contribution in [0, 0.1) is 19.7 Å². The van der Waals surface area contributed by atoms with E-state index in [1.807, 2.05) is 12.1 Å². The number of aryl methyl sites for hydroxylation is 1. The molecule has 1 atom stereocenters. The number of hydrogen-bond acceptors (Lipinski definition) is 3. The summed E-state index contributed by atoms with van der Waals surface area (Å²) in [5, 5.41) is 1.12. The predicted octanol–water partition coefficient (Wildman–Crippen LogP) is 4.82. The number of benzene rings is 1. The molecule has 0 aliphatic carbocycles. The van der Waals surface area contributed by atoms with Crippen molar-refractivity contribution in [2.45, 2.75) is 39.3 Å². The third kappa shape index (κ3) is 3.94. The fraction of sp³-hybridized carbons (Fsp3) is 0.381. The maximum atomic E-state index is 13.6. The maximum absolute atomic E-state index is 13.6. The lowest BCUT2D eigenvalue weighted by atomic mass is 10.2. The van der Waals surface area contributed by atoms with E-state index in [4.69, 9.17) is 9.47 Å². The molecule has 0 spiro atoms. The van der Waals surface area contributed by atoms with Crippen LogP contribution in [0.1, 0.15) is 29.7 Å². The summed E-state index contributed by atoms with van der Waals surface area (Å²) in [6, 6.07) is 8.73.